The molecule has 0 saturated carbocycles. The highest BCUT2D eigenvalue weighted by atomic mass is 29.7. The van der Waals surface area contributed by atoms with Crippen LogP contribution >= 0.6 is 0 Å². The van der Waals surface area contributed by atoms with Crippen LogP contribution in [-0.2, 0) is 9.22 Å². The zero-order chi connectivity index (χ0) is 7.11. The molecule has 0 spiro atoms. The lowest BCUT2D eigenvalue weighted by atomic mass is 10.5. The van der Waals surface area contributed by atoms with Gasteiger partial charge < -0.3 is 4.43 Å². The van der Waals surface area contributed by atoms with Crippen LogP contribution in [0.25, 0.3) is 0 Å². The summed E-state index contributed by atoms with van der Waals surface area (Å²) in [6, 6.07) is 0. The van der Waals surface area contributed by atoms with Crippen molar-refractivity contribution in [2.45, 2.75) is 13.3 Å². The van der Waals surface area contributed by atoms with Crippen molar-refractivity contribution in [2.24, 2.45) is 0 Å². The molecule has 0 aliphatic heterocycles. The largest absolute Gasteiger partial charge is 0.521 e. The molecule has 0 bridgehead atoms. The highest BCUT2D eigenvalue weighted by Crippen LogP contribution is 1.79. The van der Waals surface area contributed by atoms with Gasteiger partial charge >= 0.3 is 0 Å². The van der Waals surface area contributed by atoms with E-state index in [-0.39, 0.29) is 5.97 Å². The lowest BCUT2D eigenvalue weighted by molar-refractivity contribution is -0.133. The minimum atomic E-state index is -0.0919. The Balaban J connectivity index is 2.97. The Morgan fingerprint density at radius 2 is 2.44 bits per heavy atom. The van der Waals surface area contributed by atoms with E-state index in [9.17, 15) is 4.79 Å². The van der Waals surface area contributed by atoms with Gasteiger partial charge in [0.05, 0.1) is 8.55 Å². The first-order valence-electron chi connectivity index (χ1n) is 2.42. The summed E-state index contributed by atoms with van der Waals surface area (Å²) < 4.78 is 4.81. The van der Waals surface area contributed by atoms with Crippen LogP contribution in [0.2, 0.25) is 0 Å². The summed E-state index contributed by atoms with van der Waals surface area (Å²) in [5.74, 6) is -0.0919. The minimum absolute atomic E-state index is 0.0919. The summed E-state index contributed by atoms with van der Waals surface area (Å²) in [6.45, 7) is 1.80. The fourth-order valence-corrected chi connectivity index (χ4v) is 3.48. The first kappa shape index (κ1) is 9.34. The van der Waals surface area contributed by atoms with Gasteiger partial charge in [0.2, 0.25) is 0 Å². The molecule has 9 radical (unpaired) electrons. The molecule has 0 aromatic carbocycles. The predicted octanol–water partition coefficient (Wildman–Crippen LogP) is -1.12. The van der Waals surface area contributed by atoms with Gasteiger partial charge in [0.25, 0.3) is 15.2 Å². The van der Waals surface area contributed by atoms with Crippen LogP contribution in [-0.4, -0.2) is 42.1 Å². The quantitative estimate of drug-likeness (QED) is 0.410. The number of rotatable bonds is 4. The summed E-state index contributed by atoms with van der Waals surface area (Å²) in [5, 5.41) is 0. The third-order valence-electron chi connectivity index (χ3n) is 0.567. The highest BCUT2D eigenvalue weighted by molar-refractivity contribution is 7.40. The monoisotopic (exact) mass is 185 g/mol. The SMILES string of the molecule is CCC(=O)O[Si][Si][Si][Si]. The molecule has 0 rings (SSSR count). The molecule has 0 N–H and O–H groups in total. The lowest BCUT2D eigenvalue weighted by Crippen LogP contribution is -2.18. The van der Waals surface area contributed by atoms with Crippen LogP contribution in [0.1, 0.15) is 13.3 Å². The van der Waals surface area contributed by atoms with Gasteiger partial charge in [0.1, 0.15) is 0 Å². The van der Waals surface area contributed by atoms with Crippen molar-refractivity contribution in [3.05, 3.63) is 0 Å². The van der Waals surface area contributed by atoms with Crippen molar-refractivity contribution < 1.29 is 9.22 Å². The molecule has 9 heavy (non-hydrogen) atoms. The number of carbonyl (C=O) groups is 1. The number of carbonyl (C=O) groups excluding carboxylic acids is 1. The zero-order valence-corrected chi connectivity index (χ0v) is 9.02. The van der Waals surface area contributed by atoms with Crippen LogP contribution in [0.5, 0.6) is 0 Å². The van der Waals surface area contributed by atoms with E-state index in [1.165, 1.54) is 0 Å². The van der Waals surface area contributed by atoms with E-state index in [2.05, 4.69) is 9.76 Å². The molecule has 45 valence electrons. The summed E-state index contributed by atoms with van der Waals surface area (Å²) >= 11 is 0. The van der Waals surface area contributed by atoms with E-state index in [1.807, 2.05) is 0 Å². The van der Waals surface area contributed by atoms with Crippen molar-refractivity contribution in [2.75, 3.05) is 0 Å². The summed E-state index contributed by atoms with van der Waals surface area (Å²) in [6.07, 6.45) is 0.488. The van der Waals surface area contributed by atoms with Crippen molar-refractivity contribution in [1.82, 2.24) is 0 Å². The van der Waals surface area contributed by atoms with Crippen LogP contribution in [0.4, 0.5) is 0 Å². The van der Waals surface area contributed by atoms with Gasteiger partial charge in [-0.25, -0.2) is 0 Å². The Bertz CT molecular complexity index is 85.9. The Labute approximate surface area is 65.1 Å². The standard InChI is InChI=1S/C3H5O2Si4/c1-2-3(4)5-7-9-8-6/h2H2,1H3. The Morgan fingerprint density at radius 3 is 2.89 bits per heavy atom. The first-order valence-corrected chi connectivity index (χ1v) is 8.83. The fraction of sp³-hybridized carbons (Fsp3) is 0.667. The smallest absolute Gasteiger partial charge is 0.291 e. The maximum Gasteiger partial charge on any atom is 0.291 e. The lowest BCUT2D eigenvalue weighted by Gasteiger charge is -1.96. The van der Waals surface area contributed by atoms with Crippen LogP contribution in [0, 0.1) is 0 Å². The van der Waals surface area contributed by atoms with E-state index < -0.39 is 0 Å². The first-order chi connectivity index (χ1) is 4.31. The van der Waals surface area contributed by atoms with E-state index in [0.717, 1.165) is 17.1 Å². The molecule has 0 amide bonds. The molecule has 0 fully saturated rings. The van der Waals surface area contributed by atoms with Gasteiger partial charge in [-0.2, -0.15) is 0 Å². The minimum Gasteiger partial charge on any atom is -0.521 e. The molecule has 6 heteroatoms. The van der Waals surface area contributed by atoms with Gasteiger partial charge in [-0.05, 0) is 0 Å². The second-order valence-corrected chi connectivity index (χ2v) is 8.70. The molecule has 0 aliphatic carbocycles. The van der Waals surface area contributed by atoms with Gasteiger partial charge in [-0.15, -0.1) is 0 Å². The van der Waals surface area contributed by atoms with Crippen molar-refractivity contribution in [3.63, 3.8) is 0 Å². The number of hydrogen-bond acceptors (Lipinski definition) is 2. The van der Waals surface area contributed by atoms with E-state index in [4.69, 9.17) is 4.43 Å². The van der Waals surface area contributed by atoms with E-state index >= 15 is 0 Å². The summed E-state index contributed by atoms with van der Waals surface area (Å²) in [7, 11) is 5.15. The van der Waals surface area contributed by atoms with Gasteiger partial charge in [-0.3, -0.25) is 4.79 Å². The molecule has 0 aromatic rings. The molecular formula is C3H5O2Si4. The van der Waals surface area contributed by atoms with Crippen molar-refractivity contribution >= 4 is 42.1 Å². The topological polar surface area (TPSA) is 26.3 Å². The fourth-order valence-electron chi connectivity index (χ4n) is 0.180. The Hall–Kier alpha value is 0.338. The molecule has 0 aliphatic rings. The molecular weight excluding hydrogens is 180 g/mol. The van der Waals surface area contributed by atoms with Crippen LogP contribution in [0.15, 0.2) is 0 Å². The molecule has 2 nitrogen and oxygen atoms in total. The zero-order valence-electron chi connectivity index (χ0n) is 5.02. The summed E-state index contributed by atoms with van der Waals surface area (Å²) in [4.78, 5) is 10.5. The maximum atomic E-state index is 10.5. The van der Waals surface area contributed by atoms with Gasteiger partial charge in [-0.1, -0.05) is 6.92 Å². The third-order valence-corrected chi connectivity index (χ3v) is 7.53. The second-order valence-electron chi connectivity index (χ2n) is 1.18. The van der Waals surface area contributed by atoms with Crippen molar-refractivity contribution in [3.8, 4) is 0 Å². The van der Waals surface area contributed by atoms with E-state index in [0.29, 0.717) is 15.7 Å². The molecule has 0 atom stereocenters. The predicted molar refractivity (Wildman–Crippen MR) is 39.4 cm³/mol. The van der Waals surface area contributed by atoms with E-state index in [1.54, 1.807) is 6.92 Å². The average Bonchev–Trinajstić information content (AvgIpc) is 1.89. The molecule has 0 saturated heterocycles. The highest BCUT2D eigenvalue weighted by Gasteiger charge is 1.97. The average molecular weight is 185 g/mol. The second kappa shape index (κ2) is 6.46. The Morgan fingerprint density at radius 1 is 1.78 bits per heavy atom. The van der Waals surface area contributed by atoms with Gasteiger partial charge in [0.15, 0.2) is 0 Å². The maximum absolute atomic E-state index is 10.5. The number of hydrogen-bond donors (Lipinski definition) is 0. The van der Waals surface area contributed by atoms with Crippen LogP contribution < -0.4 is 0 Å². The molecule has 0 aromatic heterocycles. The Kier molecular flexibility index (Phi) is 6.70. The van der Waals surface area contributed by atoms with Gasteiger partial charge in [0, 0.05) is 24.7 Å². The van der Waals surface area contributed by atoms with Crippen molar-refractivity contribution in [1.29, 1.82) is 0 Å². The van der Waals surface area contributed by atoms with Crippen LogP contribution in [0.3, 0.4) is 0 Å². The molecule has 0 heterocycles. The third kappa shape index (κ3) is 6.22. The normalized spacial score (nSPS) is 9.11. The summed E-state index contributed by atoms with van der Waals surface area (Å²) in [5.41, 5.74) is 0. The molecule has 0 unspecified atom stereocenters.